The van der Waals surface area contributed by atoms with Crippen LogP contribution >= 0.6 is 0 Å². The maximum absolute atomic E-state index is 12.9. The van der Waals surface area contributed by atoms with E-state index in [-0.39, 0.29) is 30.8 Å². The van der Waals surface area contributed by atoms with Gasteiger partial charge in [-0.2, -0.15) is 0 Å². The number of ether oxygens (including phenoxy) is 1. The van der Waals surface area contributed by atoms with Gasteiger partial charge in [0.2, 0.25) is 11.8 Å². The van der Waals surface area contributed by atoms with Gasteiger partial charge < -0.3 is 15.0 Å². The standard InChI is InChI=1S/C14H17FN2O3/c1-9-14(19)17(12(8-20-2)13(18)16-9)7-10-3-5-11(15)6-4-10/h3-6,9,12H,7-8H2,1-2H3,(H,16,18)/t9-,12+/m0/s1. The van der Waals surface area contributed by atoms with Crippen LogP contribution < -0.4 is 5.32 Å². The van der Waals surface area contributed by atoms with Crippen molar-refractivity contribution in [2.75, 3.05) is 13.7 Å². The number of nitrogens with zero attached hydrogens (tertiary/aromatic N) is 1. The van der Waals surface area contributed by atoms with Crippen molar-refractivity contribution in [2.24, 2.45) is 0 Å². The van der Waals surface area contributed by atoms with Crippen LogP contribution in [0.25, 0.3) is 0 Å². The van der Waals surface area contributed by atoms with Gasteiger partial charge in [-0.25, -0.2) is 4.39 Å². The van der Waals surface area contributed by atoms with E-state index < -0.39 is 12.1 Å². The Kier molecular flexibility index (Phi) is 4.34. The fourth-order valence-corrected chi connectivity index (χ4v) is 2.21. The lowest BCUT2D eigenvalue weighted by atomic mass is 10.1. The molecular formula is C14H17FN2O3. The fourth-order valence-electron chi connectivity index (χ4n) is 2.21. The van der Waals surface area contributed by atoms with E-state index in [2.05, 4.69) is 5.32 Å². The lowest BCUT2D eigenvalue weighted by Crippen LogP contribution is -2.63. The van der Waals surface area contributed by atoms with Crippen LogP contribution in [0, 0.1) is 5.82 Å². The predicted molar refractivity (Wildman–Crippen MR) is 70.2 cm³/mol. The minimum absolute atomic E-state index is 0.130. The molecule has 6 heteroatoms. The Bertz CT molecular complexity index is 504. The summed E-state index contributed by atoms with van der Waals surface area (Å²) in [5, 5.41) is 2.62. The number of benzene rings is 1. The molecule has 0 aliphatic carbocycles. The molecule has 0 spiro atoms. The number of rotatable bonds is 4. The summed E-state index contributed by atoms with van der Waals surface area (Å²) in [4.78, 5) is 25.6. The molecule has 1 aromatic rings. The summed E-state index contributed by atoms with van der Waals surface area (Å²) in [7, 11) is 1.48. The van der Waals surface area contributed by atoms with Crippen molar-refractivity contribution in [1.82, 2.24) is 10.2 Å². The molecule has 1 aliphatic rings. The first-order chi connectivity index (χ1) is 9.52. The number of piperazine rings is 1. The zero-order valence-electron chi connectivity index (χ0n) is 11.4. The van der Waals surface area contributed by atoms with Crippen molar-refractivity contribution >= 4 is 11.8 Å². The number of hydrogen-bond donors (Lipinski definition) is 1. The van der Waals surface area contributed by atoms with Crippen LogP contribution in [0.3, 0.4) is 0 Å². The van der Waals surface area contributed by atoms with Crippen LogP contribution in [0.15, 0.2) is 24.3 Å². The van der Waals surface area contributed by atoms with Gasteiger partial charge in [0.05, 0.1) is 6.61 Å². The van der Waals surface area contributed by atoms with Gasteiger partial charge in [0.25, 0.3) is 0 Å². The molecule has 2 atom stereocenters. The van der Waals surface area contributed by atoms with Crippen LogP contribution in [0.5, 0.6) is 0 Å². The van der Waals surface area contributed by atoms with Gasteiger partial charge in [0, 0.05) is 13.7 Å². The molecule has 1 N–H and O–H groups in total. The third-order valence-corrected chi connectivity index (χ3v) is 3.28. The Morgan fingerprint density at radius 1 is 1.30 bits per heavy atom. The largest absolute Gasteiger partial charge is 0.382 e. The first-order valence-electron chi connectivity index (χ1n) is 6.37. The number of hydrogen-bond acceptors (Lipinski definition) is 3. The fraction of sp³-hybridized carbons (Fsp3) is 0.429. The molecule has 108 valence electrons. The van der Waals surface area contributed by atoms with Crippen molar-refractivity contribution in [3.8, 4) is 0 Å². The van der Waals surface area contributed by atoms with Gasteiger partial charge in [-0.1, -0.05) is 12.1 Å². The Morgan fingerprint density at radius 3 is 2.55 bits per heavy atom. The highest BCUT2D eigenvalue weighted by Crippen LogP contribution is 2.15. The Labute approximate surface area is 116 Å². The third kappa shape index (κ3) is 2.96. The number of carbonyl (C=O) groups is 2. The molecule has 0 bridgehead atoms. The normalized spacial score (nSPS) is 22.9. The second-order valence-corrected chi connectivity index (χ2v) is 4.79. The topological polar surface area (TPSA) is 58.6 Å². The lowest BCUT2D eigenvalue weighted by molar-refractivity contribution is -0.151. The SMILES string of the molecule is COC[C@@H]1C(=O)N[C@@H](C)C(=O)N1Cc1ccc(F)cc1. The van der Waals surface area contributed by atoms with Crippen molar-refractivity contribution in [3.63, 3.8) is 0 Å². The molecule has 1 aromatic carbocycles. The zero-order chi connectivity index (χ0) is 14.7. The highest BCUT2D eigenvalue weighted by atomic mass is 19.1. The van der Waals surface area contributed by atoms with E-state index in [0.29, 0.717) is 0 Å². The van der Waals surface area contributed by atoms with Crippen LogP contribution in [0.2, 0.25) is 0 Å². The second-order valence-electron chi connectivity index (χ2n) is 4.79. The third-order valence-electron chi connectivity index (χ3n) is 3.28. The number of methoxy groups -OCH3 is 1. The monoisotopic (exact) mass is 280 g/mol. The van der Waals surface area contributed by atoms with Crippen molar-refractivity contribution in [1.29, 1.82) is 0 Å². The van der Waals surface area contributed by atoms with E-state index in [1.807, 2.05) is 0 Å². The van der Waals surface area contributed by atoms with Crippen molar-refractivity contribution in [2.45, 2.75) is 25.6 Å². The summed E-state index contributed by atoms with van der Waals surface area (Å²) in [6.45, 7) is 2.03. The van der Waals surface area contributed by atoms with Crippen LogP contribution in [-0.2, 0) is 20.9 Å². The summed E-state index contributed by atoms with van der Waals surface area (Å²) in [5.74, 6) is -0.740. The minimum Gasteiger partial charge on any atom is -0.382 e. The van der Waals surface area contributed by atoms with E-state index in [1.165, 1.54) is 24.1 Å². The van der Waals surface area contributed by atoms with Crippen molar-refractivity contribution in [3.05, 3.63) is 35.6 Å². The first kappa shape index (κ1) is 14.5. The van der Waals surface area contributed by atoms with Crippen molar-refractivity contribution < 1.29 is 18.7 Å². The first-order valence-corrected chi connectivity index (χ1v) is 6.37. The van der Waals surface area contributed by atoms with E-state index in [1.54, 1.807) is 19.1 Å². The molecule has 2 amide bonds. The number of amides is 2. The van der Waals surface area contributed by atoms with Gasteiger partial charge in [-0.05, 0) is 24.6 Å². The highest BCUT2D eigenvalue weighted by Gasteiger charge is 2.38. The predicted octanol–water partition coefficient (Wildman–Crippen LogP) is 0.688. The molecule has 20 heavy (non-hydrogen) atoms. The van der Waals surface area contributed by atoms with Crippen LogP contribution in [0.1, 0.15) is 12.5 Å². The molecule has 0 unspecified atom stereocenters. The molecule has 0 radical (unpaired) electrons. The second kappa shape index (κ2) is 6.00. The highest BCUT2D eigenvalue weighted by molar-refractivity contribution is 5.96. The summed E-state index contributed by atoms with van der Waals surface area (Å²) >= 11 is 0. The molecular weight excluding hydrogens is 263 g/mol. The number of nitrogens with one attached hydrogen (secondary N) is 1. The quantitative estimate of drug-likeness (QED) is 0.882. The van der Waals surface area contributed by atoms with Gasteiger partial charge in [0.15, 0.2) is 0 Å². The molecule has 0 aromatic heterocycles. The molecule has 1 aliphatic heterocycles. The van der Waals surface area contributed by atoms with E-state index >= 15 is 0 Å². The average molecular weight is 280 g/mol. The molecule has 1 saturated heterocycles. The number of halogens is 1. The maximum Gasteiger partial charge on any atom is 0.245 e. The summed E-state index contributed by atoms with van der Waals surface area (Å²) < 4.78 is 17.9. The van der Waals surface area contributed by atoms with Gasteiger partial charge in [-0.3, -0.25) is 9.59 Å². The summed E-state index contributed by atoms with van der Waals surface area (Å²) in [6.07, 6.45) is 0. The van der Waals surface area contributed by atoms with E-state index in [4.69, 9.17) is 4.74 Å². The van der Waals surface area contributed by atoms with Gasteiger partial charge in [0.1, 0.15) is 17.9 Å². The van der Waals surface area contributed by atoms with Gasteiger partial charge >= 0.3 is 0 Å². The minimum atomic E-state index is -0.659. The molecule has 0 saturated carbocycles. The van der Waals surface area contributed by atoms with Crippen LogP contribution in [0.4, 0.5) is 4.39 Å². The smallest absolute Gasteiger partial charge is 0.245 e. The Balaban J connectivity index is 2.21. The van der Waals surface area contributed by atoms with E-state index in [0.717, 1.165) is 5.56 Å². The van der Waals surface area contributed by atoms with E-state index in [9.17, 15) is 14.0 Å². The molecule has 1 heterocycles. The molecule has 5 nitrogen and oxygen atoms in total. The average Bonchev–Trinajstić information content (AvgIpc) is 2.42. The molecule has 1 fully saturated rings. The van der Waals surface area contributed by atoms with Crippen LogP contribution in [-0.4, -0.2) is 42.5 Å². The molecule has 2 rings (SSSR count). The summed E-state index contributed by atoms with van der Waals surface area (Å²) in [5.41, 5.74) is 0.766. The maximum atomic E-state index is 12.9. The lowest BCUT2D eigenvalue weighted by Gasteiger charge is -2.37. The Morgan fingerprint density at radius 2 is 1.95 bits per heavy atom. The van der Waals surface area contributed by atoms with Gasteiger partial charge in [-0.15, -0.1) is 0 Å². The Hall–Kier alpha value is -1.95. The zero-order valence-corrected chi connectivity index (χ0v) is 11.4. The number of carbonyl (C=O) groups excluding carboxylic acids is 2. The summed E-state index contributed by atoms with van der Waals surface area (Å²) in [6, 6.07) is 4.65.